The number of nitrogens with zero attached hydrogens (tertiary/aromatic N) is 1. The number of amides is 2. The second-order valence-electron chi connectivity index (χ2n) is 5.24. The molecule has 0 saturated heterocycles. The molecule has 0 saturated carbocycles. The molecule has 0 radical (unpaired) electrons. The molecule has 1 aliphatic rings. The summed E-state index contributed by atoms with van der Waals surface area (Å²) < 4.78 is 0. The van der Waals surface area contributed by atoms with Gasteiger partial charge in [0.2, 0.25) is 11.8 Å². The molecule has 0 bridgehead atoms. The number of anilines is 1. The van der Waals surface area contributed by atoms with Crippen LogP contribution in [0.2, 0.25) is 0 Å². The smallest absolute Gasteiger partial charge is 0.245 e. The van der Waals surface area contributed by atoms with Crippen LogP contribution in [-0.2, 0) is 22.4 Å². The molecule has 1 atom stereocenters. The largest absolute Gasteiger partial charge is 0.347 e. The second kappa shape index (κ2) is 7.51. The summed E-state index contributed by atoms with van der Waals surface area (Å²) in [6, 6.07) is 0.515. The maximum Gasteiger partial charge on any atom is 0.245 e. The van der Waals surface area contributed by atoms with E-state index in [0.717, 1.165) is 37.9 Å². The van der Waals surface area contributed by atoms with Crippen LogP contribution in [0.3, 0.4) is 0 Å². The lowest BCUT2D eigenvalue weighted by molar-refractivity contribution is -0.122. The van der Waals surface area contributed by atoms with Gasteiger partial charge in [-0.15, -0.1) is 11.3 Å². The van der Waals surface area contributed by atoms with E-state index in [1.54, 1.807) is 0 Å². The summed E-state index contributed by atoms with van der Waals surface area (Å²) in [5, 5.41) is 9.39. The van der Waals surface area contributed by atoms with Crippen LogP contribution >= 0.6 is 11.3 Å². The molecule has 116 valence electrons. The van der Waals surface area contributed by atoms with E-state index in [9.17, 15) is 9.59 Å². The highest BCUT2D eigenvalue weighted by Crippen LogP contribution is 2.29. The number of hydrogen-bond donors (Lipinski definition) is 3. The highest BCUT2D eigenvalue weighted by atomic mass is 32.1. The van der Waals surface area contributed by atoms with Crippen LogP contribution in [-0.4, -0.2) is 35.9 Å². The zero-order valence-corrected chi connectivity index (χ0v) is 13.3. The molecule has 21 heavy (non-hydrogen) atoms. The standard InChI is InChI=1S/C14H22N4O2S/c1-3-6-15-10-4-5-11-12(7-10)21-14(17-11)18-13(20)8-16-9(2)19/h10,15H,3-8H2,1-2H3,(H,16,19)(H,17,18,20). The summed E-state index contributed by atoms with van der Waals surface area (Å²) >= 11 is 1.54. The summed E-state index contributed by atoms with van der Waals surface area (Å²) in [5.74, 6) is -0.453. The molecule has 0 aliphatic heterocycles. The van der Waals surface area contributed by atoms with Gasteiger partial charge in [-0.25, -0.2) is 4.98 Å². The van der Waals surface area contributed by atoms with Crippen molar-refractivity contribution in [3.63, 3.8) is 0 Å². The van der Waals surface area contributed by atoms with Crippen LogP contribution in [0.25, 0.3) is 0 Å². The van der Waals surface area contributed by atoms with Crippen molar-refractivity contribution in [2.75, 3.05) is 18.4 Å². The Morgan fingerprint density at radius 3 is 2.95 bits per heavy atom. The molecule has 1 aliphatic carbocycles. The van der Waals surface area contributed by atoms with Crippen LogP contribution in [0.5, 0.6) is 0 Å². The molecule has 0 spiro atoms. The molecule has 1 aromatic heterocycles. The Kier molecular flexibility index (Phi) is 5.69. The van der Waals surface area contributed by atoms with Crippen molar-refractivity contribution >= 4 is 28.3 Å². The van der Waals surface area contributed by atoms with Crippen LogP contribution in [0.1, 0.15) is 37.3 Å². The summed E-state index contributed by atoms with van der Waals surface area (Å²) in [6.07, 6.45) is 4.16. The molecule has 1 unspecified atom stereocenters. The lowest BCUT2D eigenvalue weighted by atomic mass is 9.98. The summed E-state index contributed by atoms with van der Waals surface area (Å²) in [4.78, 5) is 28.2. The molecule has 2 amide bonds. The molecule has 6 nitrogen and oxygen atoms in total. The summed E-state index contributed by atoms with van der Waals surface area (Å²) in [7, 11) is 0. The molecule has 0 fully saturated rings. The predicted molar refractivity (Wildman–Crippen MR) is 83.5 cm³/mol. The zero-order valence-electron chi connectivity index (χ0n) is 12.5. The average molecular weight is 310 g/mol. The number of fused-ring (bicyclic) bond motifs is 1. The van der Waals surface area contributed by atoms with Gasteiger partial charge in [0.05, 0.1) is 12.2 Å². The lowest BCUT2D eigenvalue weighted by Gasteiger charge is -2.21. The van der Waals surface area contributed by atoms with Crippen LogP contribution in [0, 0.1) is 0 Å². The normalized spacial score (nSPS) is 17.1. The quantitative estimate of drug-likeness (QED) is 0.734. The van der Waals surface area contributed by atoms with E-state index in [1.165, 1.54) is 23.1 Å². The Labute approximate surface area is 128 Å². The number of nitrogens with one attached hydrogen (secondary N) is 3. The number of aryl methyl sites for hydroxylation is 1. The van der Waals surface area contributed by atoms with Crippen LogP contribution < -0.4 is 16.0 Å². The van der Waals surface area contributed by atoms with Gasteiger partial charge in [-0.2, -0.15) is 0 Å². The van der Waals surface area contributed by atoms with Crippen LogP contribution in [0.15, 0.2) is 0 Å². The fourth-order valence-electron chi connectivity index (χ4n) is 2.32. The monoisotopic (exact) mass is 310 g/mol. The minimum Gasteiger partial charge on any atom is -0.347 e. The van der Waals surface area contributed by atoms with E-state index in [2.05, 4.69) is 27.9 Å². The van der Waals surface area contributed by atoms with Crippen molar-refractivity contribution < 1.29 is 9.59 Å². The van der Waals surface area contributed by atoms with Gasteiger partial charge >= 0.3 is 0 Å². The molecule has 7 heteroatoms. The Bertz CT molecular complexity index is 515. The SMILES string of the molecule is CCCNC1CCc2nc(NC(=O)CNC(C)=O)sc2C1. The Hall–Kier alpha value is -1.47. The molecule has 0 aromatic carbocycles. The Balaban J connectivity index is 1.89. The van der Waals surface area contributed by atoms with Crippen LogP contribution in [0.4, 0.5) is 5.13 Å². The Morgan fingerprint density at radius 2 is 2.24 bits per heavy atom. The first kappa shape index (κ1) is 15.9. The van der Waals surface area contributed by atoms with Gasteiger partial charge in [0, 0.05) is 17.8 Å². The van der Waals surface area contributed by atoms with Gasteiger partial charge in [0.25, 0.3) is 0 Å². The highest BCUT2D eigenvalue weighted by Gasteiger charge is 2.22. The maximum atomic E-state index is 11.7. The maximum absolute atomic E-state index is 11.7. The van der Waals surface area contributed by atoms with Gasteiger partial charge in [0.1, 0.15) is 0 Å². The lowest BCUT2D eigenvalue weighted by Crippen LogP contribution is -2.34. The number of hydrogen-bond acceptors (Lipinski definition) is 5. The first-order valence-electron chi connectivity index (χ1n) is 7.34. The van der Waals surface area contributed by atoms with E-state index in [1.807, 2.05) is 0 Å². The fourth-order valence-corrected chi connectivity index (χ4v) is 3.42. The van der Waals surface area contributed by atoms with Crippen molar-refractivity contribution in [2.45, 2.75) is 45.6 Å². The molecule has 2 rings (SSSR count). The fraction of sp³-hybridized carbons (Fsp3) is 0.643. The molecule has 1 aromatic rings. The van der Waals surface area contributed by atoms with Gasteiger partial charge in [-0.1, -0.05) is 6.92 Å². The van der Waals surface area contributed by atoms with Gasteiger partial charge in [0.15, 0.2) is 5.13 Å². The average Bonchev–Trinajstić information content (AvgIpc) is 2.84. The third-order valence-corrected chi connectivity index (χ3v) is 4.40. The first-order valence-corrected chi connectivity index (χ1v) is 8.16. The third-order valence-electron chi connectivity index (χ3n) is 3.37. The van der Waals surface area contributed by atoms with Gasteiger partial charge < -0.3 is 16.0 Å². The summed E-state index contributed by atoms with van der Waals surface area (Å²) in [6.45, 7) is 4.58. The molecule has 3 N–H and O–H groups in total. The van der Waals surface area contributed by atoms with Crippen molar-refractivity contribution in [1.82, 2.24) is 15.6 Å². The number of carbonyl (C=O) groups is 2. The first-order chi connectivity index (χ1) is 10.1. The molecular weight excluding hydrogens is 288 g/mol. The number of carbonyl (C=O) groups excluding carboxylic acids is 2. The van der Waals surface area contributed by atoms with Crippen molar-refractivity contribution in [3.05, 3.63) is 10.6 Å². The van der Waals surface area contributed by atoms with Crippen molar-refractivity contribution in [3.8, 4) is 0 Å². The van der Waals surface area contributed by atoms with E-state index >= 15 is 0 Å². The number of rotatable bonds is 6. The van der Waals surface area contributed by atoms with E-state index < -0.39 is 0 Å². The van der Waals surface area contributed by atoms with E-state index in [0.29, 0.717) is 11.2 Å². The van der Waals surface area contributed by atoms with Gasteiger partial charge in [-0.3, -0.25) is 9.59 Å². The van der Waals surface area contributed by atoms with Crippen molar-refractivity contribution in [2.24, 2.45) is 0 Å². The zero-order chi connectivity index (χ0) is 15.2. The topological polar surface area (TPSA) is 83.1 Å². The van der Waals surface area contributed by atoms with E-state index in [4.69, 9.17) is 0 Å². The Morgan fingerprint density at radius 1 is 1.43 bits per heavy atom. The minimum absolute atomic E-state index is 0.0136. The number of aromatic nitrogens is 1. The van der Waals surface area contributed by atoms with Gasteiger partial charge in [-0.05, 0) is 32.2 Å². The number of thiazole rings is 1. The molecular formula is C14H22N4O2S. The highest BCUT2D eigenvalue weighted by molar-refractivity contribution is 7.15. The van der Waals surface area contributed by atoms with E-state index in [-0.39, 0.29) is 18.4 Å². The molecule has 1 heterocycles. The predicted octanol–water partition coefficient (Wildman–Crippen LogP) is 1.07. The second-order valence-corrected chi connectivity index (χ2v) is 6.32. The minimum atomic E-state index is -0.239. The summed E-state index contributed by atoms with van der Waals surface area (Å²) in [5.41, 5.74) is 1.10. The van der Waals surface area contributed by atoms with Crippen molar-refractivity contribution in [1.29, 1.82) is 0 Å². The third kappa shape index (κ3) is 4.78.